The number of halogens is 3. The van der Waals surface area contributed by atoms with Gasteiger partial charge in [-0.1, -0.05) is 35.0 Å². The fourth-order valence-electron chi connectivity index (χ4n) is 2.50. The Morgan fingerprint density at radius 3 is 2.70 bits per heavy atom. The Labute approximate surface area is 168 Å². The highest BCUT2D eigenvalue weighted by Gasteiger charge is 2.23. The molecule has 0 amide bonds. The van der Waals surface area contributed by atoms with Crippen LogP contribution in [0.3, 0.4) is 0 Å². The van der Waals surface area contributed by atoms with Crippen LogP contribution in [0.5, 0.6) is 5.75 Å². The van der Waals surface area contributed by atoms with Crippen LogP contribution in [0.15, 0.2) is 46.5 Å². The summed E-state index contributed by atoms with van der Waals surface area (Å²) < 4.78 is 20.7. The number of fused-ring (bicyclic) bond motifs is 1. The lowest BCUT2D eigenvalue weighted by Gasteiger charge is -2.19. The molecule has 0 unspecified atom stereocenters. The largest absolute Gasteiger partial charge is 0.497 e. The lowest BCUT2D eigenvalue weighted by atomic mass is 10.2. The van der Waals surface area contributed by atoms with E-state index in [2.05, 4.69) is 20.6 Å². The molecule has 1 aromatic heterocycles. The number of benzene rings is 2. The molecule has 1 aliphatic heterocycles. The Balaban J connectivity index is 1.68. The monoisotopic (exact) mass is 423 g/mol. The molecule has 138 valence electrons. The molecule has 0 aliphatic carbocycles. The number of nitrogens with one attached hydrogen (secondary N) is 1. The number of nitrogens with zero attached hydrogens (tertiary/aromatic N) is 4. The van der Waals surface area contributed by atoms with Gasteiger partial charge < -0.3 is 4.74 Å². The van der Waals surface area contributed by atoms with Gasteiger partial charge in [0.15, 0.2) is 5.82 Å². The van der Waals surface area contributed by atoms with Crippen LogP contribution in [0.1, 0.15) is 0 Å². The second-order valence-corrected chi connectivity index (χ2v) is 7.30. The third kappa shape index (κ3) is 3.60. The van der Waals surface area contributed by atoms with Gasteiger partial charge >= 0.3 is 0 Å². The van der Waals surface area contributed by atoms with Gasteiger partial charge in [-0.3, -0.25) is 5.43 Å². The van der Waals surface area contributed by atoms with Gasteiger partial charge in [0.1, 0.15) is 17.4 Å². The number of aliphatic imine (C=N–C) groups is 1. The summed E-state index contributed by atoms with van der Waals surface area (Å²) >= 11 is 13.5. The first-order valence-corrected chi connectivity index (χ1v) is 9.51. The van der Waals surface area contributed by atoms with E-state index >= 15 is 0 Å². The third-order valence-electron chi connectivity index (χ3n) is 3.80. The standard InChI is InChI=1S/C17H12Cl2FN5OS/c1-26-10-4-2-9(3-5-10)21-15-8-27-17-23-22-16(25(17)24-15)11-6-14(20)13(19)7-12(11)18/h2-7H,8H2,1H3,(H,21,24). The van der Waals surface area contributed by atoms with Gasteiger partial charge in [0.2, 0.25) is 5.16 Å². The quantitative estimate of drug-likeness (QED) is 0.614. The molecule has 2 aromatic carbocycles. The van der Waals surface area contributed by atoms with E-state index < -0.39 is 5.82 Å². The first kappa shape index (κ1) is 18.1. The average molecular weight is 424 g/mol. The van der Waals surface area contributed by atoms with Crippen molar-refractivity contribution in [2.45, 2.75) is 5.16 Å². The van der Waals surface area contributed by atoms with Gasteiger partial charge in [-0.25, -0.2) is 14.1 Å². The lowest BCUT2D eigenvalue weighted by Crippen LogP contribution is -2.30. The smallest absolute Gasteiger partial charge is 0.211 e. The Hall–Kier alpha value is -2.29. The SMILES string of the molecule is COc1ccc(N=C2CSc3nnc(-c4cc(F)c(Cl)cc4Cl)n3N2)cc1. The zero-order chi connectivity index (χ0) is 19.0. The number of aromatic nitrogens is 3. The van der Waals surface area contributed by atoms with Gasteiger partial charge in [-0.15, -0.1) is 10.2 Å². The van der Waals surface area contributed by atoms with Crippen molar-refractivity contribution < 1.29 is 9.13 Å². The van der Waals surface area contributed by atoms with Crippen LogP contribution in [-0.2, 0) is 0 Å². The van der Waals surface area contributed by atoms with Gasteiger partial charge in [-0.05, 0) is 36.4 Å². The summed E-state index contributed by atoms with van der Waals surface area (Å²) in [4.78, 5) is 4.59. The Kier molecular flexibility index (Phi) is 4.94. The van der Waals surface area contributed by atoms with Crippen LogP contribution >= 0.6 is 35.0 Å². The zero-order valence-electron chi connectivity index (χ0n) is 13.9. The van der Waals surface area contributed by atoms with Gasteiger partial charge in [0.25, 0.3) is 0 Å². The van der Waals surface area contributed by atoms with E-state index in [9.17, 15) is 4.39 Å². The zero-order valence-corrected chi connectivity index (χ0v) is 16.2. The van der Waals surface area contributed by atoms with E-state index in [-0.39, 0.29) is 10.0 Å². The minimum absolute atomic E-state index is 0.0498. The van der Waals surface area contributed by atoms with Crippen molar-refractivity contribution in [1.82, 2.24) is 14.9 Å². The van der Waals surface area contributed by atoms with Crippen molar-refractivity contribution in [2.75, 3.05) is 18.3 Å². The van der Waals surface area contributed by atoms with E-state index in [0.29, 0.717) is 28.1 Å². The maximum Gasteiger partial charge on any atom is 0.211 e. The summed E-state index contributed by atoms with van der Waals surface area (Å²) in [5.74, 6) is 1.84. The van der Waals surface area contributed by atoms with Crippen LogP contribution in [0.2, 0.25) is 10.0 Å². The Morgan fingerprint density at radius 2 is 1.96 bits per heavy atom. The number of rotatable bonds is 3. The summed E-state index contributed by atoms with van der Waals surface area (Å²) in [7, 11) is 1.61. The Bertz CT molecular complexity index is 1040. The number of thioether (sulfide) groups is 1. The predicted molar refractivity (Wildman–Crippen MR) is 106 cm³/mol. The topological polar surface area (TPSA) is 64.3 Å². The molecule has 0 bridgehead atoms. The minimum Gasteiger partial charge on any atom is -0.497 e. The minimum atomic E-state index is -0.580. The van der Waals surface area contributed by atoms with Crippen molar-refractivity contribution in [3.05, 3.63) is 52.3 Å². The van der Waals surface area contributed by atoms with Crippen molar-refractivity contribution >= 4 is 46.5 Å². The molecule has 1 aliphatic rings. The molecule has 6 nitrogen and oxygen atoms in total. The van der Waals surface area contributed by atoms with E-state index in [4.69, 9.17) is 27.9 Å². The molecule has 3 aromatic rings. The molecule has 0 radical (unpaired) electrons. The van der Waals surface area contributed by atoms with Gasteiger partial charge in [0.05, 0.1) is 28.6 Å². The predicted octanol–water partition coefficient (Wildman–Crippen LogP) is 4.78. The molecule has 0 saturated carbocycles. The highest BCUT2D eigenvalue weighted by molar-refractivity contribution is 7.99. The van der Waals surface area contributed by atoms with Crippen LogP contribution < -0.4 is 10.2 Å². The maximum atomic E-state index is 13.9. The molecular weight excluding hydrogens is 412 g/mol. The van der Waals surface area contributed by atoms with Crippen molar-refractivity contribution in [3.8, 4) is 17.1 Å². The second kappa shape index (κ2) is 7.38. The van der Waals surface area contributed by atoms with E-state index in [1.165, 1.54) is 23.9 Å². The van der Waals surface area contributed by atoms with Crippen LogP contribution in [0.25, 0.3) is 11.4 Å². The van der Waals surface area contributed by atoms with Crippen LogP contribution in [0.4, 0.5) is 10.1 Å². The summed E-state index contributed by atoms with van der Waals surface area (Å²) in [5.41, 5.74) is 4.31. The van der Waals surface area contributed by atoms with Gasteiger partial charge in [0, 0.05) is 5.56 Å². The number of methoxy groups -OCH3 is 1. The van der Waals surface area contributed by atoms with Crippen molar-refractivity contribution in [1.29, 1.82) is 0 Å². The Morgan fingerprint density at radius 1 is 1.19 bits per heavy atom. The molecule has 4 rings (SSSR count). The first-order chi connectivity index (χ1) is 13.0. The van der Waals surface area contributed by atoms with Crippen molar-refractivity contribution in [3.63, 3.8) is 0 Å². The summed E-state index contributed by atoms with van der Waals surface area (Å²) in [6, 6.07) is 9.96. The van der Waals surface area contributed by atoms with E-state index in [0.717, 1.165) is 11.4 Å². The number of hydrogen-bond acceptors (Lipinski definition) is 5. The van der Waals surface area contributed by atoms with Crippen LogP contribution in [0, 0.1) is 5.82 Å². The fraction of sp³-hybridized carbons (Fsp3) is 0.118. The molecular formula is C17H12Cl2FN5OS. The maximum absolute atomic E-state index is 13.9. The van der Waals surface area contributed by atoms with Gasteiger partial charge in [-0.2, -0.15) is 0 Å². The highest BCUT2D eigenvalue weighted by Crippen LogP contribution is 2.33. The molecule has 0 fully saturated rings. The second-order valence-electron chi connectivity index (χ2n) is 5.54. The van der Waals surface area contributed by atoms with E-state index in [1.54, 1.807) is 11.8 Å². The first-order valence-electron chi connectivity index (χ1n) is 7.77. The normalized spacial score (nSPS) is 14.7. The summed E-state index contributed by atoms with van der Waals surface area (Å²) in [5, 5.41) is 9.11. The number of ether oxygens (including phenoxy) is 1. The molecule has 0 atom stereocenters. The molecule has 1 N–H and O–H groups in total. The number of amidine groups is 1. The molecule has 10 heteroatoms. The van der Waals surface area contributed by atoms with Crippen LogP contribution in [-0.4, -0.2) is 33.6 Å². The molecule has 2 heterocycles. The summed E-state index contributed by atoms with van der Waals surface area (Å²) in [6.45, 7) is 0. The highest BCUT2D eigenvalue weighted by atomic mass is 35.5. The molecule has 27 heavy (non-hydrogen) atoms. The summed E-state index contributed by atoms with van der Waals surface area (Å²) in [6.07, 6.45) is 0. The molecule has 0 saturated heterocycles. The average Bonchev–Trinajstić information content (AvgIpc) is 3.08. The lowest BCUT2D eigenvalue weighted by molar-refractivity contribution is 0.415. The fourth-order valence-corrected chi connectivity index (χ4v) is 3.72. The van der Waals surface area contributed by atoms with Crippen molar-refractivity contribution in [2.24, 2.45) is 4.99 Å². The molecule has 0 spiro atoms. The number of hydrogen-bond donors (Lipinski definition) is 1. The van der Waals surface area contributed by atoms with E-state index in [1.807, 2.05) is 24.3 Å². The third-order valence-corrected chi connectivity index (χ3v) is 5.34.